The molecular formula is C22H17Cl2N3O3+2. The maximum atomic E-state index is 13.5. The zero-order valence-electron chi connectivity index (χ0n) is 16.1. The first-order chi connectivity index (χ1) is 14.3. The zero-order chi connectivity index (χ0) is 21.3. The molecule has 5 rings (SSSR count). The van der Waals surface area contributed by atoms with Gasteiger partial charge in [0.05, 0.1) is 0 Å². The molecule has 3 aromatic rings. The summed E-state index contributed by atoms with van der Waals surface area (Å²) in [7, 11) is 3.15. The first-order valence-electron chi connectivity index (χ1n) is 9.35. The molecule has 2 heterocycles. The Kier molecular flexibility index (Phi) is 4.14. The van der Waals surface area contributed by atoms with Gasteiger partial charge in [-0.1, -0.05) is 47.5 Å². The monoisotopic (exact) mass is 441 g/mol. The van der Waals surface area contributed by atoms with Crippen LogP contribution in [0.2, 0.25) is 10.0 Å². The lowest BCUT2D eigenvalue weighted by Crippen LogP contribution is -2.77. The fourth-order valence-electron chi connectivity index (χ4n) is 4.56. The van der Waals surface area contributed by atoms with Crippen LogP contribution >= 0.6 is 23.2 Å². The summed E-state index contributed by atoms with van der Waals surface area (Å²) >= 11 is 12.7. The maximum Gasteiger partial charge on any atom is 0.519 e. The van der Waals surface area contributed by atoms with Crippen molar-refractivity contribution in [3.63, 3.8) is 0 Å². The number of halogens is 2. The Morgan fingerprint density at radius 3 is 2.47 bits per heavy atom. The minimum Gasteiger partial charge on any atom is -0.434 e. The van der Waals surface area contributed by atoms with Crippen LogP contribution in [0.25, 0.3) is 0 Å². The van der Waals surface area contributed by atoms with Gasteiger partial charge >= 0.3 is 17.4 Å². The van der Waals surface area contributed by atoms with E-state index in [1.807, 2.05) is 18.2 Å². The second kappa shape index (κ2) is 6.52. The third-order valence-corrected chi connectivity index (χ3v) is 6.56. The summed E-state index contributed by atoms with van der Waals surface area (Å²) in [5.41, 5.74) is 2.69. The summed E-state index contributed by atoms with van der Waals surface area (Å²) < 4.78 is 2.66. The minimum absolute atomic E-state index is 0.0763. The molecule has 0 spiro atoms. The number of benzene rings is 2. The van der Waals surface area contributed by atoms with E-state index >= 15 is 0 Å². The molecule has 0 bridgehead atoms. The van der Waals surface area contributed by atoms with Gasteiger partial charge in [-0.05, 0) is 23.8 Å². The SMILES string of the molecule is Cn1c(O)[n+](C)c2c(c1=O)C(c1ccc(Cl)cc1Cl)C1C(=O)c3ccccc3C1=[NH+]2. The Bertz CT molecular complexity index is 1360. The van der Waals surface area contributed by atoms with E-state index in [0.29, 0.717) is 38.3 Å². The van der Waals surface area contributed by atoms with Gasteiger partial charge in [-0.25, -0.2) is 9.79 Å². The number of fused-ring (bicyclic) bond motifs is 4. The number of aromatic nitrogens is 2. The molecule has 6 nitrogen and oxygen atoms in total. The Morgan fingerprint density at radius 1 is 1.07 bits per heavy atom. The second-order valence-electron chi connectivity index (χ2n) is 7.56. The number of hydrogen-bond donors (Lipinski definition) is 2. The lowest BCUT2D eigenvalue weighted by Gasteiger charge is -2.25. The van der Waals surface area contributed by atoms with Gasteiger partial charge in [-0.2, -0.15) is 0 Å². The van der Waals surface area contributed by atoms with Crippen molar-refractivity contribution in [3.05, 3.63) is 85.1 Å². The maximum absolute atomic E-state index is 13.5. The first-order valence-corrected chi connectivity index (χ1v) is 10.1. The summed E-state index contributed by atoms with van der Waals surface area (Å²) in [5, 5.41) is 11.3. The van der Waals surface area contributed by atoms with Gasteiger partial charge in [0.2, 0.25) is 0 Å². The smallest absolute Gasteiger partial charge is 0.434 e. The van der Waals surface area contributed by atoms with E-state index in [1.165, 1.54) is 11.6 Å². The van der Waals surface area contributed by atoms with E-state index in [1.54, 1.807) is 31.3 Å². The van der Waals surface area contributed by atoms with Crippen molar-refractivity contribution in [2.24, 2.45) is 20.0 Å². The quantitative estimate of drug-likeness (QED) is 0.560. The van der Waals surface area contributed by atoms with Gasteiger partial charge in [-0.15, -0.1) is 9.13 Å². The topological polar surface area (TPSA) is 77.2 Å². The van der Waals surface area contributed by atoms with Crippen LogP contribution in [0.4, 0.5) is 5.82 Å². The van der Waals surface area contributed by atoms with Crippen LogP contribution in [-0.2, 0) is 14.1 Å². The third-order valence-electron chi connectivity index (χ3n) is 6.00. The molecular weight excluding hydrogens is 425 g/mol. The van der Waals surface area contributed by atoms with Gasteiger partial charge in [0.15, 0.2) is 11.3 Å². The highest BCUT2D eigenvalue weighted by atomic mass is 35.5. The molecule has 1 aliphatic carbocycles. The van der Waals surface area contributed by atoms with Crippen LogP contribution in [-0.4, -0.2) is 21.2 Å². The molecule has 1 aliphatic heterocycles. The Morgan fingerprint density at radius 2 is 1.77 bits per heavy atom. The highest BCUT2D eigenvalue weighted by Gasteiger charge is 2.53. The lowest BCUT2D eigenvalue weighted by atomic mass is 9.76. The molecule has 0 fully saturated rings. The van der Waals surface area contributed by atoms with Crippen molar-refractivity contribution in [2.75, 3.05) is 0 Å². The summed E-state index contributed by atoms with van der Waals surface area (Å²) in [6, 6.07) is 12.2. The van der Waals surface area contributed by atoms with Crippen LogP contribution in [0.1, 0.15) is 33.0 Å². The molecule has 2 aromatic carbocycles. The number of carbonyl (C=O) groups is 1. The van der Waals surface area contributed by atoms with Crippen LogP contribution in [0.5, 0.6) is 6.01 Å². The number of nitrogens with one attached hydrogen (secondary N) is 1. The fourth-order valence-corrected chi connectivity index (χ4v) is 5.08. The number of nitrogens with zero attached hydrogens (tertiary/aromatic N) is 2. The highest BCUT2D eigenvalue weighted by molar-refractivity contribution is 6.35. The Labute approximate surface area is 181 Å². The zero-order valence-corrected chi connectivity index (χ0v) is 17.6. The summed E-state index contributed by atoms with van der Waals surface area (Å²) in [4.78, 5) is 30.0. The molecule has 2 atom stereocenters. The molecule has 0 saturated heterocycles. The van der Waals surface area contributed by atoms with Gasteiger partial charge in [0, 0.05) is 27.1 Å². The van der Waals surface area contributed by atoms with Crippen molar-refractivity contribution < 1.29 is 19.5 Å². The molecule has 8 heteroatoms. The summed E-state index contributed by atoms with van der Waals surface area (Å²) in [6.45, 7) is 0. The molecule has 0 radical (unpaired) electrons. The van der Waals surface area contributed by atoms with Gasteiger partial charge in [-0.3, -0.25) is 4.79 Å². The third kappa shape index (κ3) is 2.44. The average Bonchev–Trinajstić information content (AvgIpc) is 3.02. The number of carbonyl (C=O) groups excluding carboxylic acids is 1. The van der Waals surface area contributed by atoms with Crippen molar-refractivity contribution in [1.29, 1.82) is 0 Å². The van der Waals surface area contributed by atoms with Gasteiger partial charge < -0.3 is 5.11 Å². The molecule has 1 aromatic heterocycles. The second-order valence-corrected chi connectivity index (χ2v) is 8.40. The number of hydrogen-bond acceptors (Lipinski definition) is 3. The van der Waals surface area contributed by atoms with E-state index in [-0.39, 0.29) is 11.8 Å². The Hall–Kier alpha value is -2.96. The van der Waals surface area contributed by atoms with E-state index in [0.717, 1.165) is 10.1 Å². The molecule has 30 heavy (non-hydrogen) atoms. The summed E-state index contributed by atoms with van der Waals surface area (Å²) in [5.74, 6) is -0.910. The lowest BCUT2D eigenvalue weighted by molar-refractivity contribution is -0.724. The number of rotatable bonds is 1. The number of Topliss-reactive ketones (excluding diaryl/α,β-unsaturated/α-hetero) is 1. The first kappa shape index (κ1) is 19.0. The molecule has 2 aliphatic rings. The average molecular weight is 442 g/mol. The minimum atomic E-state index is -0.634. The standard InChI is InChI=1S/C22H15Cl2N3O3/c1-26-20-17(21(29)27(2)22(26)30)15(13-8-7-10(23)9-14(13)24)16-18(25-20)11-5-3-4-6-12(11)19(16)28/h3-9,15-16H,1-2H3/p+2. The summed E-state index contributed by atoms with van der Waals surface area (Å²) in [6.07, 6.45) is 0. The normalized spacial score (nSPS) is 19.2. The van der Waals surface area contributed by atoms with Gasteiger partial charge in [0.1, 0.15) is 25.7 Å². The molecule has 0 saturated carbocycles. The van der Waals surface area contributed by atoms with Crippen molar-refractivity contribution >= 4 is 40.5 Å². The molecule has 2 unspecified atom stereocenters. The highest BCUT2D eigenvalue weighted by Crippen LogP contribution is 2.44. The largest absolute Gasteiger partial charge is 0.519 e. The predicted octanol–water partition coefficient (Wildman–Crippen LogP) is 1.38. The number of aromatic hydroxyl groups is 1. The molecule has 2 N–H and O–H groups in total. The van der Waals surface area contributed by atoms with Crippen LogP contribution in [0.3, 0.4) is 0 Å². The van der Waals surface area contributed by atoms with E-state index in [4.69, 9.17) is 23.2 Å². The van der Waals surface area contributed by atoms with E-state index < -0.39 is 17.4 Å². The van der Waals surface area contributed by atoms with Crippen molar-refractivity contribution in [1.82, 2.24) is 4.57 Å². The van der Waals surface area contributed by atoms with Crippen LogP contribution in [0.15, 0.2) is 47.3 Å². The molecule has 150 valence electrons. The predicted molar refractivity (Wildman–Crippen MR) is 112 cm³/mol. The van der Waals surface area contributed by atoms with E-state index in [9.17, 15) is 14.7 Å². The Balaban J connectivity index is 1.91. The van der Waals surface area contributed by atoms with Crippen LogP contribution in [0, 0.1) is 5.92 Å². The van der Waals surface area contributed by atoms with Crippen molar-refractivity contribution in [3.8, 4) is 6.01 Å². The van der Waals surface area contributed by atoms with Crippen LogP contribution < -0.4 is 15.1 Å². The fraction of sp³-hybridized carbons (Fsp3) is 0.182. The van der Waals surface area contributed by atoms with Crippen molar-refractivity contribution in [2.45, 2.75) is 5.92 Å². The van der Waals surface area contributed by atoms with Gasteiger partial charge in [0.25, 0.3) is 0 Å². The van der Waals surface area contributed by atoms with E-state index in [2.05, 4.69) is 4.99 Å². The molecule has 0 amide bonds. The number of ketones is 1.